The van der Waals surface area contributed by atoms with Crippen molar-refractivity contribution in [2.75, 3.05) is 7.05 Å². The third-order valence-corrected chi connectivity index (χ3v) is 4.29. The van der Waals surface area contributed by atoms with Crippen LogP contribution in [-0.4, -0.2) is 17.9 Å². The van der Waals surface area contributed by atoms with Gasteiger partial charge in [0.05, 0.1) is 6.04 Å². The van der Waals surface area contributed by atoms with Crippen molar-refractivity contribution in [1.82, 2.24) is 4.90 Å². The van der Waals surface area contributed by atoms with E-state index in [2.05, 4.69) is 6.07 Å². The molecule has 0 aliphatic heterocycles. The van der Waals surface area contributed by atoms with Gasteiger partial charge < -0.3 is 4.90 Å². The van der Waals surface area contributed by atoms with Crippen molar-refractivity contribution < 1.29 is 13.6 Å². The smallest absolute Gasteiger partial charge is 0.254 e. The van der Waals surface area contributed by atoms with E-state index in [1.165, 1.54) is 11.6 Å². The summed E-state index contributed by atoms with van der Waals surface area (Å²) >= 11 is 0. The summed E-state index contributed by atoms with van der Waals surface area (Å²) in [5.74, 6) is -2.23. The fraction of sp³-hybridized carbons (Fsp3) is 0.278. The molecular formula is C18H17F2NO. The third-order valence-electron chi connectivity index (χ3n) is 4.29. The van der Waals surface area contributed by atoms with E-state index in [4.69, 9.17) is 0 Å². The van der Waals surface area contributed by atoms with Crippen molar-refractivity contribution in [2.24, 2.45) is 0 Å². The minimum absolute atomic E-state index is 0.0226. The second-order valence-electron chi connectivity index (χ2n) is 5.65. The molecule has 2 nitrogen and oxygen atoms in total. The number of carbonyl (C=O) groups is 1. The van der Waals surface area contributed by atoms with Crippen LogP contribution in [0.2, 0.25) is 0 Å². The van der Waals surface area contributed by atoms with Gasteiger partial charge in [0.15, 0.2) is 11.6 Å². The van der Waals surface area contributed by atoms with Gasteiger partial charge in [-0.25, -0.2) is 8.78 Å². The maximum absolute atomic E-state index is 13.3. The van der Waals surface area contributed by atoms with Crippen molar-refractivity contribution >= 4 is 5.91 Å². The highest BCUT2D eigenvalue weighted by Gasteiger charge is 2.27. The van der Waals surface area contributed by atoms with Crippen molar-refractivity contribution in [3.63, 3.8) is 0 Å². The normalized spacial score (nSPS) is 17.0. The van der Waals surface area contributed by atoms with Crippen molar-refractivity contribution in [2.45, 2.75) is 25.3 Å². The first kappa shape index (κ1) is 14.7. The summed E-state index contributed by atoms with van der Waals surface area (Å²) in [6, 6.07) is 11.3. The fourth-order valence-electron chi connectivity index (χ4n) is 3.10. The molecule has 0 radical (unpaired) electrons. The van der Waals surface area contributed by atoms with Gasteiger partial charge in [-0.15, -0.1) is 0 Å². The molecule has 0 bridgehead atoms. The molecule has 0 saturated carbocycles. The largest absolute Gasteiger partial charge is 0.335 e. The van der Waals surface area contributed by atoms with E-state index in [-0.39, 0.29) is 17.5 Å². The van der Waals surface area contributed by atoms with Gasteiger partial charge in [-0.2, -0.15) is 0 Å². The summed E-state index contributed by atoms with van der Waals surface area (Å²) in [5.41, 5.74) is 2.57. The topological polar surface area (TPSA) is 20.3 Å². The summed E-state index contributed by atoms with van der Waals surface area (Å²) < 4.78 is 26.4. The van der Waals surface area contributed by atoms with Gasteiger partial charge in [-0.05, 0) is 48.6 Å². The predicted octanol–water partition coefficient (Wildman–Crippen LogP) is 4.11. The molecule has 0 spiro atoms. The minimum Gasteiger partial charge on any atom is -0.335 e. The van der Waals surface area contributed by atoms with Crippen LogP contribution in [0.4, 0.5) is 8.78 Å². The van der Waals surface area contributed by atoms with Crippen LogP contribution in [0.1, 0.15) is 40.4 Å². The first-order chi connectivity index (χ1) is 10.6. The Hall–Kier alpha value is -2.23. The summed E-state index contributed by atoms with van der Waals surface area (Å²) in [7, 11) is 1.72. The molecule has 3 rings (SSSR count). The average molecular weight is 301 g/mol. The number of benzene rings is 2. The first-order valence-corrected chi connectivity index (χ1v) is 7.38. The molecule has 1 amide bonds. The van der Waals surface area contributed by atoms with Crippen LogP contribution in [0.5, 0.6) is 0 Å². The van der Waals surface area contributed by atoms with E-state index < -0.39 is 11.6 Å². The van der Waals surface area contributed by atoms with Crippen LogP contribution in [0.15, 0.2) is 42.5 Å². The predicted molar refractivity (Wildman–Crippen MR) is 80.6 cm³/mol. The number of halogens is 2. The highest BCUT2D eigenvalue weighted by molar-refractivity contribution is 5.94. The number of hydrogen-bond donors (Lipinski definition) is 0. The lowest BCUT2D eigenvalue weighted by Gasteiger charge is -2.33. The Morgan fingerprint density at radius 1 is 1.14 bits per heavy atom. The average Bonchev–Trinajstić information content (AvgIpc) is 2.55. The number of hydrogen-bond acceptors (Lipinski definition) is 1. The van der Waals surface area contributed by atoms with Gasteiger partial charge in [-0.1, -0.05) is 24.3 Å². The number of carbonyl (C=O) groups excluding carboxylic acids is 1. The second kappa shape index (κ2) is 5.87. The van der Waals surface area contributed by atoms with Gasteiger partial charge in [0.25, 0.3) is 5.91 Å². The zero-order valence-electron chi connectivity index (χ0n) is 12.4. The van der Waals surface area contributed by atoms with E-state index in [1.54, 1.807) is 11.9 Å². The summed E-state index contributed by atoms with van der Waals surface area (Å²) in [6.07, 6.45) is 2.90. The lowest BCUT2D eigenvalue weighted by molar-refractivity contribution is 0.0714. The fourth-order valence-corrected chi connectivity index (χ4v) is 3.10. The third kappa shape index (κ3) is 2.61. The Bertz CT molecular complexity index is 714. The Kier molecular flexibility index (Phi) is 3.92. The molecule has 0 saturated heterocycles. The maximum atomic E-state index is 13.3. The molecule has 1 atom stereocenters. The molecule has 1 aliphatic carbocycles. The Labute approximate surface area is 128 Å². The zero-order chi connectivity index (χ0) is 15.7. The minimum atomic E-state index is -0.997. The Balaban J connectivity index is 1.89. The summed E-state index contributed by atoms with van der Waals surface area (Å²) in [5, 5.41) is 0. The van der Waals surface area contributed by atoms with Gasteiger partial charge >= 0.3 is 0 Å². The number of fused-ring (bicyclic) bond motifs is 1. The summed E-state index contributed by atoms with van der Waals surface area (Å²) in [6.45, 7) is 0. The van der Waals surface area contributed by atoms with E-state index in [1.807, 2.05) is 18.2 Å². The lowest BCUT2D eigenvalue weighted by atomic mass is 9.87. The molecule has 22 heavy (non-hydrogen) atoms. The Morgan fingerprint density at radius 3 is 2.68 bits per heavy atom. The number of aryl methyl sites for hydroxylation is 1. The van der Waals surface area contributed by atoms with Gasteiger partial charge in [-0.3, -0.25) is 4.79 Å². The van der Waals surface area contributed by atoms with Gasteiger partial charge in [0, 0.05) is 12.6 Å². The summed E-state index contributed by atoms with van der Waals surface area (Å²) in [4.78, 5) is 14.2. The molecule has 0 fully saturated rings. The zero-order valence-corrected chi connectivity index (χ0v) is 12.4. The molecule has 114 valence electrons. The van der Waals surface area contributed by atoms with Gasteiger partial charge in [0.1, 0.15) is 0 Å². The van der Waals surface area contributed by atoms with Crippen molar-refractivity contribution in [3.05, 3.63) is 70.8 Å². The lowest BCUT2D eigenvalue weighted by Crippen LogP contribution is -2.33. The highest BCUT2D eigenvalue weighted by Crippen LogP contribution is 2.34. The number of amides is 1. The standard InChI is InChI=1S/C18H17F2NO/c1-21(18(22)13-9-10-15(19)16(20)11-13)17-8-4-6-12-5-2-3-7-14(12)17/h2-3,5,7,9-11,17H,4,6,8H2,1H3/t17-/m1/s1. The SMILES string of the molecule is CN(C(=O)c1ccc(F)c(F)c1)[C@@H]1CCCc2ccccc21. The van der Waals surface area contributed by atoms with E-state index in [0.717, 1.165) is 37.0 Å². The van der Waals surface area contributed by atoms with Crippen molar-refractivity contribution in [1.29, 1.82) is 0 Å². The monoisotopic (exact) mass is 301 g/mol. The molecular weight excluding hydrogens is 284 g/mol. The van der Waals surface area contributed by atoms with Crippen LogP contribution >= 0.6 is 0 Å². The van der Waals surface area contributed by atoms with E-state index >= 15 is 0 Å². The van der Waals surface area contributed by atoms with Crippen LogP contribution in [0.25, 0.3) is 0 Å². The first-order valence-electron chi connectivity index (χ1n) is 7.38. The molecule has 0 unspecified atom stereocenters. The van der Waals surface area contributed by atoms with Crippen LogP contribution in [-0.2, 0) is 6.42 Å². The molecule has 0 heterocycles. The van der Waals surface area contributed by atoms with Crippen molar-refractivity contribution in [3.8, 4) is 0 Å². The molecule has 2 aromatic rings. The Morgan fingerprint density at radius 2 is 1.91 bits per heavy atom. The molecule has 4 heteroatoms. The number of nitrogens with zero attached hydrogens (tertiary/aromatic N) is 1. The maximum Gasteiger partial charge on any atom is 0.254 e. The van der Waals surface area contributed by atoms with E-state index in [9.17, 15) is 13.6 Å². The van der Waals surface area contributed by atoms with E-state index in [0.29, 0.717) is 0 Å². The highest BCUT2D eigenvalue weighted by atomic mass is 19.2. The van der Waals surface area contributed by atoms with Gasteiger partial charge in [0.2, 0.25) is 0 Å². The quantitative estimate of drug-likeness (QED) is 0.817. The second-order valence-corrected chi connectivity index (χ2v) is 5.65. The van der Waals surface area contributed by atoms with Crippen LogP contribution < -0.4 is 0 Å². The molecule has 1 aliphatic rings. The molecule has 0 aromatic heterocycles. The van der Waals surface area contributed by atoms with Crippen LogP contribution in [0, 0.1) is 11.6 Å². The van der Waals surface area contributed by atoms with Crippen LogP contribution in [0.3, 0.4) is 0 Å². The number of rotatable bonds is 2. The molecule has 0 N–H and O–H groups in total. The molecule has 2 aromatic carbocycles.